The van der Waals surface area contributed by atoms with E-state index in [1.807, 2.05) is 42.5 Å². The standard InChI is InChI=1S/C63H81ClN13O11/c1-38(2)29-53(74-57(83)50(15-10-28-70-63(67)68)71-60(86)55(76(4)39(3)80)34-41-19-24-48(81)25-20-41)61(87)77(47(36-78)14-7-8-26-65)62(88)54(37-79)75-59(85)52(33-43-11-9-27-69-35-43)73-58(84)51(32-40-17-22-46(64)23-18-40)72-56(82)49(66)31-42-16-21-44-12-5-6-13-45(44)30-42/h5-6,9,11-13,16-25,27,30,35,38,47,49-55,79,81H,7-8,10,14-15,26,28-29,31-34,37,65-66H2,1-4H3,(H,71,86)(H,72,82)(H,73,84)(H,74,83)(H,75,85)(H4,67,68,70)/t47-,49-,50+,51-,52-,53-,54-,55-/m0/s1. The molecule has 24 nitrogen and oxygen atoms in total. The Morgan fingerprint density at radius 3 is 1.83 bits per heavy atom. The van der Waals surface area contributed by atoms with Crippen LogP contribution in [-0.4, -0.2) is 160 Å². The fourth-order valence-electron chi connectivity index (χ4n) is 9.74. The lowest BCUT2D eigenvalue weighted by atomic mass is 9.98. The van der Waals surface area contributed by atoms with Crippen LogP contribution in [0.15, 0.2) is 116 Å². The number of likely N-dealkylation sites (N-methyl/N-ethyl adjacent to an activating group) is 1. The summed E-state index contributed by atoms with van der Waals surface area (Å²) >= 11 is 6.20. The van der Waals surface area contributed by atoms with Gasteiger partial charge < -0.3 is 64.2 Å². The summed E-state index contributed by atoms with van der Waals surface area (Å²) in [6.45, 7) is 3.81. The molecule has 5 rings (SSSR count). The number of nitrogens with two attached hydrogens (primary N) is 3. The number of imide groups is 1. The number of pyridine rings is 1. The summed E-state index contributed by atoms with van der Waals surface area (Å²) in [4.78, 5) is 134. The molecular formula is C63H81ClN13O11. The van der Waals surface area contributed by atoms with Crippen LogP contribution in [0.4, 0.5) is 0 Å². The monoisotopic (exact) mass is 1230 g/mol. The minimum atomic E-state index is -1.98. The van der Waals surface area contributed by atoms with Gasteiger partial charge in [0.15, 0.2) is 5.96 Å². The molecule has 88 heavy (non-hydrogen) atoms. The van der Waals surface area contributed by atoms with E-state index in [0.717, 1.165) is 16.3 Å². The number of benzene rings is 4. The van der Waals surface area contributed by atoms with Crippen molar-refractivity contribution in [1.82, 2.24) is 46.7 Å². The van der Waals surface area contributed by atoms with Crippen molar-refractivity contribution in [2.75, 3.05) is 26.7 Å². The molecule has 0 aliphatic carbocycles. The molecule has 0 unspecified atom stereocenters. The molecule has 0 aliphatic heterocycles. The number of guanidine groups is 1. The van der Waals surface area contributed by atoms with E-state index in [2.05, 4.69) is 36.9 Å². The summed E-state index contributed by atoms with van der Waals surface area (Å²) in [6, 6.07) is 17.2. The van der Waals surface area contributed by atoms with Crippen molar-refractivity contribution >= 4 is 81.9 Å². The predicted molar refractivity (Wildman–Crippen MR) is 332 cm³/mol. The Morgan fingerprint density at radius 2 is 1.23 bits per heavy atom. The predicted octanol–water partition coefficient (Wildman–Crippen LogP) is 1.73. The van der Waals surface area contributed by atoms with Crippen molar-refractivity contribution in [3.05, 3.63) is 143 Å². The van der Waals surface area contributed by atoms with Crippen molar-refractivity contribution < 1.29 is 53.4 Å². The van der Waals surface area contributed by atoms with Gasteiger partial charge in [0.05, 0.1) is 12.6 Å². The van der Waals surface area contributed by atoms with E-state index in [9.17, 15) is 43.8 Å². The number of amides is 8. The quantitative estimate of drug-likeness (QED) is 0.0159. The Bertz CT molecular complexity index is 3180. The highest BCUT2D eigenvalue weighted by Gasteiger charge is 2.41. The number of aromatic hydroxyl groups is 1. The molecular weight excluding hydrogens is 1150 g/mol. The van der Waals surface area contributed by atoms with Gasteiger partial charge in [-0.25, -0.2) is 0 Å². The number of aromatic nitrogens is 1. The van der Waals surface area contributed by atoms with E-state index < -0.39 is 102 Å². The molecule has 0 aliphatic rings. The first-order valence-electron chi connectivity index (χ1n) is 29.0. The fraction of sp³-hybridized carbons (Fsp3) is 0.413. The van der Waals surface area contributed by atoms with E-state index >= 15 is 9.59 Å². The van der Waals surface area contributed by atoms with Gasteiger partial charge in [0, 0.05) is 57.2 Å². The highest BCUT2D eigenvalue weighted by atomic mass is 35.5. The Labute approximate surface area is 517 Å². The van der Waals surface area contributed by atoms with Gasteiger partial charge in [-0.15, -0.1) is 0 Å². The molecule has 8 atom stereocenters. The average molecular weight is 1230 g/mol. The molecule has 471 valence electrons. The zero-order valence-electron chi connectivity index (χ0n) is 49.9. The van der Waals surface area contributed by atoms with Crippen LogP contribution < -0.4 is 49.1 Å². The van der Waals surface area contributed by atoms with Crippen LogP contribution in [0.2, 0.25) is 5.02 Å². The maximum atomic E-state index is 15.2. The highest BCUT2D eigenvalue weighted by molar-refractivity contribution is 6.30. The summed E-state index contributed by atoms with van der Waals surface area (Å²) in [5.41, 5.74) is 20.1. The van der Waals surface area contributed by atoms with E-state index in [1.54, 1.807) is 68.7 Å². The first-order chi connectivity index (χ1) is 42.0. The lowest BCUT2D eigenvalue weighted by Gasteiger charge is -2.34. The number of unbranched alkanes of at least 4 members (excludes halogenated alkanes) is 1. The first kappa shape index (κ1) is 69.9. The largest absolute Gasteiger partial charge is 0.508 e. The minimum absolute atomic E-state index is 0.0297. The third kappa shape index (κ3) is 21.8. The number of halogens is 1. The molecule has 0 spiro atoms. The second-order valence-corrected chi connectivity index (χ2v) is 22.4. The number of carbonyl (C=O) groups is 8. The molecule has 1 aromatic heterocycles. The molecule has 0 saturated carbocycles. The van der Waals surface area contributed by atoms with Gasteiger partial charge in [-0.2, -0.15) is 0 Å². The molecule has 0 fully saturated rings. The van der Waals surface area contributed by atoms with Crippen molar-refractivity contribution in [1.29, 1.82) is 5.41 Å². The van der Waals surface area contributed by atoms with Gasteiger partial charge >= 0.3 is 0 Å². The van der Waals surface area contributed by atoms with Gasteiger partial charge in [-0.3, -0.25) is 58.4 Å². The third-order valence-electron chi connectivity index (χ3n) is 14.6. The smallest absolute Gasteiger partial charge is 0.254 e. The fourth-order valence-corrected chi connectivity index (χ4v) is 9.86. The number of aliphatic hydroxyl groups is 1. The number of rotatable bonds is 34. The van der Waals surface area contributed by atoms with Crippen LogP contribution in [-0.2, 0) is 68.8 Å². The number of nitrogens with one attached hydrogen (secondary N) is 7. The number of hydrogen-bond acceptors (Lipinski definition) is 15. The average Bonchev–Trinajstić information content (AvgIpc) is 2.15. The van der Waals surface area contributed by atoms with Crippen LogP contribution in [0.1, 0.15) is 81.5 Å². The van der Waals surface area contributed by atoms with E-state index in [-0.39, 0.29) is 88.5 Å². The maximum Gasteiger partial charge on any atom is 0.254 e. The summed E-state index contributed by atoms with van der Waals surface area (Å²) in [6.07, 6.45) is 4.67. The van der Waals surface area contributed by atoms with Crippen LogP contribution in [0.5, 0.6) is 5.75 Å². The van der Waals surface area contributed by atoms with Gasteiger partial charge in [0.1, 0.15) is 48.0 Å². The second kappa shape index (κ2) is 35.1. The summed E-state index contributed by atoms with van der Waals surface area (Å²) in [5, 5.41) is 46.8. The Balaban J connectivity index is 1.46. The topological polar surface area (TPSA) is 388 Å². The number of phenolic OH excluding ortho intramolecular Hbond substituents is 1. The summed E-state index contributed by atoms with van der Waals surface area (Å²) in [5.74, 6) is -7.91. The van der Waals surface area contributed by atoms with Crippen molar-refractivity contribution in [2.45, 2.75) is 133 Å². The van der Waals surface area contributed by atoms with Crippen LogP contribution in [0, 0.1) is 11.3 Å². The van der Waals surface area contributed by atoms with Gasteiger partial charge in [0.25, 0.3) is 11.8 Å². The Hall–Kier alpha value is -8.84. The molecule has 5 aromatic rings. The third-order valence-corrected chi connectivity index (χ3v) is 14.9. The molecule has 8 amide bonds. The zero-order valence-corrected chi connectivity index (χ0v) is 50.6. The van der Waals surface area contributed by atoms with Crippen molar-refractivity contribution in [2.24, 2.45) is 23.1 Å². The van der Waals surface area contributed by atoms with Crippen molar-refractivity contribution in [3.8, 4) is 5.75 Å². The van der Waals surface area contributed by atoms with E-state index in [0.29, 0.717) is 33.0 Å². The van der Waals surface area contributed by atoms with Crippen molar-refractivity contribution in [3.63, 3.8) is 0 Å². The Kier molecular flexibility index (Phi) is 27.9. The van der Waals surface area contributed by atoms with Gasteiger partial charge in [-0.1, -0.05) is 98.2 Å². The maximum absolute atomic E-state index is 15.2. The number of aliphatic hydroxyl groups excluding tert-OH is 1. The highest BCUT2D eigenvalue weighted by Crippen LogP contribution is 2.21. The van der Waals surface area contributed by atoms with Crippen LogP contribution >= 0.6 is 11.6 Å². The number of fused-ring (bicyclic) bond motifs is 1. The number of nitrogens with zero attached hydrogens (tertiary/aromatic N) is 3. The van der Waals surface area contributed by atoms with Crippen LogP contribution in [0.3, 0.4) is 0 Å². The number of hydrogen-bond donors (Lipinski definition) is 12. The van der Waals surface area contributed by atoms with Gasteiger partial charge in [-0.05, 0) is 121 Å². The molecule has 0 bridgehead atoms. The molecule has 1 radical (unpaired) electrons. The Morgan fingerprint density at radius 1 is 0.659 bits per heavy atom. The second-order valence-electron chi connectivity index (χ2n) is 22.0. The lowest BCUT2D eigenvalue weighted by molar-refractivity contribution is -0.152. The first-order valence-corrected chi connectivity index (χ1v) is 29.4. The summed E-state index contributed by atoms with van der Waals surface area (Å²) < 4.78 is 0. The summed E-state index contributed by atoms with van der Waals surface area (Å²) in [7, 11) is 1.41. The molecule has 0 saturated heterocycles. The van der Waals surface area contributed by atoms with E-state index in [1.165, 1.54) is 43.4 Å². The SMILES string of the molecule is CC(=O)N(C)[C@@H](Cc1ccc(O)cc1)C(=O)N[C@H](CCCNC(=N)N)C(=O)N[C@@H](CC(C)C)C(=O)N(C(=O)[C@H](CO)NC(=O)[C@H](Cc1cccnc1)NC(=O)[C@H](Cc1ccc(Cl)cc1)NC(=O)[C@@H](N)Cc1ccc2ccccc2c1)[C@H]([C]=O)CCCCN. The normalized spacial score (nSPS) is 13.9. The number of phenols is 1. The molecule has 4 aromatic carbocycles. The minimum Gasteiger partial charge on any atom is -0.508 e. The van der Waals surface area contributed by atoms with E-state index in [4.69, 9.17) is 34.2 Å². The van der Waals surface area contributed by atoms with Gasteiger partial charge in [0.2, 0.25) is 41.7 Å². The number of carbonyl (C=O) groups excluding carboxylic acids is 9. The van der Waals surface area contributed by atoms with Crippen LogP contribution in [0.25, 0.3) is 10.8 Å². The lowest BCUT2D eigenvalue weighted by Crippen LogP contribution is -2.63. The zero-order chi connectivity index (χ0) is 64.5. The molecule has 25 heteroatoms. The molecule has 15 N–H and O–H groups in total. The molecule has 1 heterocycles.